The van der Waals surface area contributed by atoms with Gasteiger partial charge in [-0.05, 0) is 20.8 Å². The molecule has 1 aliphatic heterocycles. The van der Waals surface area contributed by atoms with Crippen LogP contribution in [0.1, 0.15) is 20.8 Å². The van der Waals surface area contributed by atoms with Crippen LogP contribution < -0.4 is 5.32 Å². The van der Waals surface area contributed by atoms with Crippen molar-refractivity contribution in [2.45, 2.75) is 32.9 Å². The molecule has 1 N–H and O–H groups in total. The first-order valence-corrected chi connectivity index (χ1v) is 5.87. The van der Waals surface area contributed by atoms with E-state index in [-0.39, 0.29) is 18.6 Å². The van der Waals surface area contributed by atoms with Crippen LogP contribution in [0.4, 0.5) is 4.79 Å². The fourth-order valence-electron chi connectivity index (χ4n) is 1.63. The lowest BCUT2D eigenvalue weighted by Crippen LogP contribution is -2.56. The Morgan fingerprint density at radius 1 is 1.53 bits per heavy atom. The van der Waals surface area contributed by atoms with E-state index in [0.717, 1.165) is 0 Å². The van der Waals surface area contributed by atoms with Gasteiger partial charge in [0.1, 0.15) is 6.04 Å². The second-order valence-corrected chi connectivity index (χ2v) is 4.15. The SMILES string of the molecule is CCOC(=O)N1CCOCC1C(=O)NC(C)C. The molecular formula is C11H20N2O4. The van der Waals surface area contributed by atoms with Gasteiger partial charge in [0.25, 0.3) is 0 Å². The monoisotopic (exact) mass is 244 g/mol. The quantitative estimate of drug-likeness (QED) is 0.778. The Morgan fingerprint density at radius 3 is 2.82 bits per heavy atom. The molecule has 0 aromatic rings. The molecule has 1 heterocycles. The van der Waals surface area contributed by atoms with Crippen molar-refractivity contribution < 1.29 is 19.1 Å². The maximum Gasteiger partial charge on any atom is 0.410 e. The molecule has 17 heavy (non-hydrogen) atoms. The predicted molar refractivity (Wildman–Crippen MR) is 61.6 cm³/mol. The Bertz CT molecular complexity index is 281. The van der Waals surface area contributed by atoms with E-state index in [1.54, 1.807) is 6.92 Å². The summed E-state index contributed by atoms with van der Waals surface area (Å²) in [5.41, 5.74) is 0. The number of ether oxygens (including phenoxy) is 2. The van der Waals surface area contributed by atoms with Gasteiger partial charge < -0.3 is 14.8 Å². The number of hydrogen-bond donors (Lipinski definition) is 1. The van der Waals surface area contributed by atoms with Crippen molar-refractivity contribution in [3.8, 4) is 0 Å². The molecule has 0 aliphatic carbocycles. The first-order valence-electron chi connectivity index (χ1n) is 5.87. The van der Waals surface area contributed by atoms with Gasteiger partial charge in [-0.15, -0.1) is 0 Å². The van der Waals surface area contributed by atoms with Crippen LogP contribution in [0, 0.1) is 0 Å². The van der Waals surface area contributed by atoms with Gasteiger partial charge >= 0.3 is 6.09 Å². The number of carbonyl (C=O) groups is 2. The zero-order valence-electron chi connectivity index (χ0n) is 10.6. The minimum Gasteiger partial charge on any atom is -0.450 e. The van der Waals surface area contributed by atoms with Crippen LogP contribution in [0.15, 0.2) is 0 Å². The molecule has 2 amide bonds. The smallest absolute Gasteiger partial charge is 0.410 e. The number of hydrogen-bond acceptors (Lipinski definition) is 4. The van der Waals surface area contributed by atoms with Crippen LogP contribution in [0.25, 0.3) is 0 Å². The average Bonchev–Trinajstić information content (AvgIpc) is 2.28. The second-order valence-electron chi connectivity index (χ2n) is 4.15. The van der Waals surface area contributed by atoms with Gasteiger partial charge in [0.2, 0.25) is 5.91 Å². The largest absolute Gasteiger partial charge is 0.450 e. The lowest BCUT2D eigenvalue weighted by Gasteiger charge is -2.33. The molecule has 0 aromatic heterocycles. The van der Waals surface area contributed by atoms with Gasteiger partial charge in [0.15, 0.2) is 0 Å². The third-order valence-electron chi connectivity index (χ3n) is 2.36. The van der Waals surface area contributed by atoms with Crippen molar-refractivity contribution in [3.63, 3.8) is 0 Å². The van der Waals surface area contributed by atoms with Gasteiger partial charge in [-0.3, -0.25) is 9.69 Å². The van der Waals surface area contributed by atoms with E-state index in [1.807, 2.05) is 13.8 Å². The van der Waals surface area contributed by atoms with E-state index in [4.69, 9.17) is 9.47 Å². The van der Waals surface area contributed by atoms with E-state index in [2.05, 4.69) is 5.32 Å². The fraction of sp³-hybridized carbons (Fsp3) is 0.818. The summed E-state index contributed by atoms with van der Waals surface area (Å²) < 4.78 is 10.2. The van der Waals surface area contributed by atoms with E-state index in [0.29, 0.717) is 19.8 Å². The van der Waals surface area contributed by atoms with Crippen molar-refractivity contribution in [2.75, 3.05) is 26.4 Å². The molecule has 1 atom stereocenters. The number of amides is 2. The second kappa shape index (κ2) is 6.44. The van der Waals surface area contributed by atoms with E-state index in [9.17, 15) is 9.59 Å². The lowest BCUT2D eigenvalue weighted by atomic mass is 10.2. The van der Waals surface area contributed by atoms with Crippen LogP contribution in [0.3, 0.4) is 0 Å². The minimum absolute atomic E-state index is 0.0356. The summed E-state index contributed by atoms with van der Waals surface area (Å²) in [5, 5.41) is 2.77. The Kier molecular flexibility index (Phi) is 5.21. The van der Waals surface area contributed by atoms with Crippen LogP contribution in [-0.2, 0) is 14.3 Å². The average molecular weight is 244 g/mol. The first kappa shape index (κ1) is 13.8. The van der Waals surface area contributed by atoms with Gasteiger partial charge in [-0.25, -0.2) is 4.79 Å². The summed E-state index contributed by atoms with van der Waals surface area (Å²) in [6.45, 7) is 6.82. The van der Waals surface area contributed by atoms with Crippen LogP contribution in [0.2, 0.25) is 0 Å². The summed E-state index contributed by atoms with van der Waals surface area (Å²) in [6.07, 6.45) is -0.459. The Hall–Kier alpha value is -1.30. The lowest BCUT2D eigenvalue weighted by molar-refractivity contribution is -0.131. The Labute approximate surface area is 101 Å². The highest BCUT2D eigenvalue weighted by Crippen LogP contribution is 2.09. The maximum absolute atomic E-state index is 11.9. The highest BCUT2D eigenvalue weighted by molar-refractivity contribution is 5.86. The third kappa shape index (κ3) is 3.89. The molecule has 1 unspecified atom stereocenters. The molecule has 1 saturated heterocycles. The van der Waals surface area contributed by atoms with Crippen molar-refractivity contribution in [1.29, 1.82) is 0 Å². The first-order chi connectivity index (χ1) is 8.06. The van der Waals surface area contributed by atoms with E-state index in [1.165, 1.54) is 4.90 Å². The highest BCUT2D eigenvalue weighted by atomic mass is 16.6. The van der Waals surface area contributed by atoms with Crippen molar-refractivity contribution >= 4 is 12.0 Å². The Morgan fingerprint density at radius 2 is 2.24 bits per heavy atom. The summed E-state index contributed by atoms with van der Waals surface area (Å²) in [6, 6.07) is -0.557. The molecule has 0 spiro atoms. The Balaban J connectivity index is 2.65. The molecule has 1 rings (SSSR count). The van der Waals surface area contributed by atoms with Gasteiger partial charge in [0.05, 0.1) is 19.8 Å². The zero-order valence-corrected chi connectivity index (χ0v) is 10.6. The molecule has 0 bridgehead atoms. The molecule has 6 nitrogen and oxygen atoms in total. The highest BCUT2D eigenvalue weighted by Gasteiger charge is 2.33. The normalized spacial score (nSPS) is 20.2. The van der Waals surface area contributed by atoms with Crippen molar-refractivity contribution in [1.82, 2.24) is 10.2 Å². The third-order valence-corrected chi connectivity index (χ3v) is 2.36. The topological polar surface area (TPSA) is 67.9 Å². The number of rotatable bonds is 3. The van der Waals surface area contributed by atoms with Crippen molar-refractivity contribution in [2.24, 2.45) is 0 Å². The fourth-order valence-corrected chi connectivity index (χ4v) is 1.63. The molecule has 1 aliphatic rings. The van der Waals surface area contributed by atoms with Gasteiger partial charge in [0, 0.05) is 12.6 Å². The molecule has 98 valence electrons. The summed E-state index contributed by atoms with van der Waals surface area (Å²) in [7, 11) is 0. The molecule has 0 aromatic carbocycles. The summed E-state index contributed by atoms with van der Waals surface area (Å²) >= 11 is 0. The predicted octanol–water partition coefficient (Wildman–Crippen LogP) is 0.368. The number of carbonyl (C=O) groups excluding carboxylic acids is 2. The van der Waals surface area contributed by atoms with Gasteiger partial charge in [-0.2, -0.15) is 0 Å². The molecule has 0 saturated carbocycles. The standard InChI is InChI=1S/C11H20N2O4/c1-4-17-11(15)13-5-6-16-7-9(13)10(14)12-8(2)3/h8-9H,4-7H2,1-3H3,(H,12,14). The number of nitrogens with one attached hydrogen (secondary N) is 1. The van der Waals surface area contributed by atoms with Gasteiger partial charge in [-0.1, -0.05) is 0 Å². The maximum atomic E-state index is 11.9. The van der Waals surface area contributed by atoms with E-state index >= 15 is 0 Å². The summed E-state index contributed by atoms with van der Waals surface area (Å²) in [4.78, 5) is 25.0. The molecular weight excluding hydrogens is 224 g/mol. The molecule has 0 radical (unpaired) electrons. The molecule has 6 heteroatoms. The minimum atomic E-state index is -0.592. The number of morpholine rings is 1. The van der Waals surface area contributed by atoms with Crippen molar-refractivity contribution in [3.05, 3.63) is 0 Å². The van der Waals surface area contributed by atoms with Crippen LogP contribution in [-0.4, -0.2) is 55.3 Å². The molecule has 1 fully saturated rings. The number of nitrogens with zero attached hydrogens (tertiary/aromatic N) is 1. The van der Waals surface area contributed by atoms with E-state index < -0.39 is 12.1 Å². The van der Waals surface area contributed by atoms with Crippen LogP contribution in [0.5, 0.6) is 0 Å². The zero-order chi connectivity index (χ0) is 12.8. The van der Waals surface area contributed by atoms with Crippen LogP contribution >= 0.6 is 0 Å². The summed E-state index contributed by atoms with van der Waals surface area (Å²) in [5.74, 6) is -0.201.